The Kier molecular flexibility index (Phi) is 1.88. The molecule has 0 aromatic carbocycles. The number of nitrogens with zero attached hydrogens (tertiary/aromatic N) is 1. The van der Waals surface area contributed by atoms with Crippen LogP contribution in [0.3, 0.4) is 0 Å². The van der Waals surface area contributed by atoms with Crippen molar-refractivity contribution in [1.82, 2.24) is 5.32 Å². The molecule has 0 unspecified atom stereocenters. The first-order chi connectivity index (χ1) is 4.27. The molecule has 1 aliphatic heterocycles. The van der Waals surface area contributed by atoms with Gasteiger partial charge in [-0.3, -0.25) is 4.48 Å². The summed E-state index contributed by atoms with van der Waals surface area (Å²) in [4.78, 5) is 0. The molecule has 0 aromatic heterocycles. The van der Waals surface area contributed by atoms with Gasteiger partial charge in [0.2, 0.25) is 0 Å². The Balaban J connectivity index is 2.46. The highest BCUT2D eigenvalue weighted by Crippen LogP contribution is 2.03. The third-order valence-corrected chi connectivity index (χ3v) is 2.04. The quantitative estimate of drug-likeness (QED) is 0.495. The molecule has 0 spiro atoms. The van der Waals surface area contributed by atoms with Crippen LogP contribution in [0.15, 0.2) is 12.8 Å². The Labute approximate surface area is 56.8 Å². The number of hydrogen-bond donors (Lipinski definition) is 1. The smallest absolute Gasteiger partial charge is 0.0953 e. The first kappa shape index (κ1) is 6.78. The normalized spacial score (nSPS) is 25.4. The number of likely N-dealkylation sites (N-methyl/N-ethyl adjacent to an activating group) is 1. The summed E-state index contributed by atoms with van der Waals surface area (Å²) in [7, 11) is 2.22. The van der Waals surface area contributed by atoms with Crippen molar-refractivity contribution in [2.24, 2.45) is 0 Å². The molecule has 0 aliphatic carbocycles. The van der Waals surface area contributed by atoms with Crippen molar-refractivity contribution in [3.63, 3.8) is 0 Å². The lowest BCUT2D eigenvalue weighted by atomic mass is 10.3. The third-order valence-electron chi connectivity index (χ3n) is 2.04. The summed E-state index contributed by atoms with van der Waals surface area (Å²) in [6.07, 6.45) is 2.03. The van der Waals surface area contributed by atoms with Gasteiger partial charge in [-0.1, -0.05) is 0 Å². The maximum Gasteiger partial charge on any atom is 0.0953 e. The van der Waals surface area contributed by atoms with Gasteiger partial charge in [-0.25, -0.2) is 0 Å². The van der Waals surface area contributed by atoms with Crippen molar-refractivity contribution < 1.29 is 4.48 Å². The molecule has 2 nitrogen and oxygen atoms in total. The molecule has 0 saturated carbocycles. The summed E-state index contributed by atoms with van der Waals surface area (Å²) in [5, 5.41) is 3.31. The number of hydrogen-bond acceptors (Lipinski definition) is 1. The van der Waals surface area contributed by atoms with Crippen LogP contribution in [0.4, 0.5) is 0 Å². The monoisotopic (exact) mass is 127 g/mol. The molecule has 0 atom stereocenters. The molecule has 0 aromatic rings. The second-order valence-corrected chi connectivity index (χ2v) is 2.86. The van der Waals surface area contributed by atoms with Crippen LogP contribution in [-0.4, -0.2) is 37.7 Å². The Morgan fingerprint density at radius 3 is 2.33 bits per heavy atom. The van der Waals surface area contributed by atoms with Gasteiger partial charge in [0.05, 0.1) is 26.3 Å². The molecule has 9 heavy (non-hydrogen) atoms. The van der Waals surface area contributed by atoms with E-state index in [1.54, 1.807) is 0 Å². The average molecular weight is 127 g/mol. The molecular weight excluding hydrogens is 112 g/mol. The molecule has 1 fully saturated rings. The molecule has 0 bridgehead atoms. The average Bonchev–Trinajstić information content (AvgIpc) is 1.90. The van der Waals surface area contributed by atoms with E-state index < -0.39 is 0 Å². The van der Waals surface area contributed by atoms with E-state index in [1.165, 1.54) is 13.1 Å². The minimum Gasteiger partial charge on any atom is -0.306 e. The number of quaternary nitrogens is 1. The summed E-state index contributed by atoms with van der Waals surface area (Å²) in [6.45, 7) is 8.42. The highest BCUT2D eigenvalue weighted by molar-refractivity contribution is 4.61. The van der Waals surface area contributed by atoms with Crippen LogP contribution in [0.5, 0.6) is 0 Å². The Bertz CT molecular complexity index is 103. The van der Waals surface area contributed by atoms with Crippen molar-refractivity contribution in [2.75, 3.05) is 33.2 Å². The molecule has 1 N–H and O–H groups in total. The molecule has 1 heterocycles. The van der Waals surface area contributed by atoms with Crippen LogP contribution in [0.25, 0.3) is 0 Å². The summed E-state index contributed by atoms with van der Waals surface area (Å²) < 4.78 is 1.02. The van der Waals surface area contributed by atoms with Gasteiger partial charge < -0.3 is 5.32 Å². The third kappa shape index (κ3) is 1.53. The van der Waals surface area contributed by atoms with Gasteiger partial charge in [0.1, 0.15) is 0 Å². The minimum absolute atomic E-state index is 1.02. The second-order valence-electron chi connectivity index (χ2n) is 2.86. The van der Waals surface area contributed by atoms with E-state index >= 15 is 0 Å². The Morgan fingerprint density at radius 1 is 1.44 bits per heavy atom. The van der Waals surface area contributed by atoms with E-state index in [1.807, 2.05) is 6.20 Å². The zero-order valence-electron chi connectivity index (χ0n) is 6.06. The van der Waals surface area contributed by atoms with Gasteiger partial charge in [0.25, 0.3) is 0 Å². The SMILES string of the molecule is C=C[N+]1(C)CCNCC1. The summed E-state index contributed by atoms with van der Waals surface area (Å²) in [5.41, 5.74) is 0. The standard InChI is InChI=1S/C7H15N2/c1-3-9(2)6-4-8-5-7-9/h3,8H,1,4-7H2,2H3/q+1. The highest BCUT2D eigenvalue weighted by atomic mass is 15.3. The van der Waals surface area contributed by atoms with Gasteiger partial charge >= 0.3 is 0 Å². The fourth-order valence-corrected chi connectivity index (χ4v) is 1.09. The lowest BCUT2D eigenvalue weighted by Crippen LogP contribution is -2.52. The minimum atomic E-state index is 1.02. The topological polar surface area (TPSA) is 12.0 Å². The van der Waals surface area contributed by atoms with Crippen molar-refractivity contribution in [3.05, 3.63) is 12.8 Å². The Morgan fingerprint density at radius 2 is 2.00 bits per heavy atom. The van der Waals surface area contributed by atoms with Crippen LogP contribution >= 0.6 is 0 Å². The summed E-state index contributed by atoms with van der Waals surface area (Å²) >= 11 is 0. The molecule has 52 valence electrons. The first-order valence-electron chi connectivity index (χ1n) is 3.45. The summed E-state index contributed by atoms with van der Waals surface area (Å²) in [6, 6.07) is 0. The molecule has 0 amide bonds. The molecular formula is C7H15N2+. The van der Waals surface area contributed by atoms with Crippen LogP contribution in [0.1, 0.15) is 0 Å². The lowest BCUT2D eigenvalue weighted by Gasteiger charge is -2.33. The summed E-state index contributed by atoms with van der Waals surface area (Å²) in [5.74, 6) is 0. The van der Waals surface area contributed by atoms with Crippen LogP contribution < -0.4 is 5.32 Å². The highest BCUT2D eigenvalue weighted by Gasteiger charge is 2.19. The predicted molar refractivity (Wildman–Crippen MR) is 39.0 cm³/mol. The number of piperazine rings is 1. The molecule has 1 rings (SSSR count). The lowest BCUT2D eigenvalue weighted by molar-refractivity contribution is -0.861. The fourth-order valence-electron chi connectivity index (χ4n) is 1.09. The maximum atomic E-state index is 3.80. The fraction of sp³-hybridized carbons (Fsp3) is 0.714. The van der Waals surface area contributed by atoms with Gasteiger partial charge in [-0.05, 0) is 6.58 Å². The van der Waals surface area contributed by atoms with Gasteiger partial charge in [-0.15, -0.1) is 0 Å². The van der Waals surface area contributed by atoms with Crippen molar-refractivity contribution in [3.8, 4) is 0 Å². The zero-order valence-corrected chi connectivity index (χ0v) is 6.06. The van der Waals surface area contributed by atoms with E-state index in [2.05, 4.69) is 18.9 Å². The van der Waals surface area contributed by atoms with E-state index in [4.69, 9.17) is 0 Å². The van der Waals surface area contributed by atoms with E-state index in [9.17, 15) is 0 Å². The second kappa shape index (κ2) is 2.50. The largest absolute Gasteiger partial charge is 0.306 e. The van der Waals surface area contributed by atoms with E-state index in [-0.39, 0.29) is 0 Å². The number of nitrogens with one attached hydrogen (secondary N) is 1. The molecule has 1 aliphatic rings. The van der Waals surface area contributed by atoms with Crippen molar-refractivity contribution in [1.29, 1.82) is 0 Å². The van der Waals surface area contributed by atoms with Crippen molar-refractivity contribution in [2.45, 2.75) is 0 Å². The maximum absolute atomic E-state index is 3.80. The van der Waals surface area contributed by atoms with E-state index in [0.29, 0.717) is 0 Å². The predicted octanol–water partition coefficient (Wildman–Crippen LogP) is 0.180. The Hall–Kier alpha value is -0.340. The molecule has 0 radical (unpaired) electrons. The van der Waals surface area contributed by atoms with Gasteiger partial charge in [0, 0.05) is 13.1 Å². The van der Waals surface area contributed by atoms with Crippen molar-refractivity contribution >= 4 is 0 Å². The molecule has 1 saturated heterocycles. The van der Waals surface area contributed by atoms with Gasteiger partial charge in [-0.2, -0.15) is 0 Å². The zero-order chi connectivity index (χ0) is 6.74. The van der Waals surface area contributed by atoms with Gasteiger partial charge in [0.15, 0.2) is 0 Å². The van der Waals surface area contributed by atoms with Crippen LogP contribution in [-0.2, 0) is 0 Å². The number of rotatable bonds is 1. The van der Waals surface area contributed by atoms with Crippen LogP contribution in [0, 0.1) is 0 Å². The van der Waals surface area contributed by atoms with Crippen LogP contribution in [0.2, 0.25) is 0 Å². The molecule has 2 heteroatoms. The first-order valence-corrected chi connectivity index (χ1v) is 3.45. The van der Waals surface area contributed by atoms with E-state index in [0.717, 1.165) is 17.6 Å².